The van der Waals surface area contributed by atoms with E-state index >= 15 is 0 Å². The molecule has 0 bridgehead atoms. The topological polar surface area (TPSA) is 127 Å². The second-order valence-corrected chi connectivity index (χ2v) is 5.90. The van der Waals surface area contributed by atoms with Gasteiger partial charge in [-0.3, -0.25) is 19.6 Å². The molecule has 0 fully saturated rings. The number of nitrogens with one attached hydrogen (secondary N) is 1. The number of aryl methyl sites for hydroxylation is 2. The second-order valence-electron chi connectivity index (χ2n) is 5.90. The Bertz CT molecular complexity index is 1070. The van der Waals surface area contributed by atoms with Gasteiger partial charge in [0, 0.05) is 17.8 Å². The number of hydrogen-bond donors (Lipinski definition) is 1. The lowest BCUT2D eigenvalue weighted by molar-refractivity contribution is -0.384. The number of carbonyl (C=O) groups excluding carboxylic acids is 1. The van der Waals surface area contributed by atoms with Gasteiger partial charge in [-0.25, -0.2) is 0 Å². The minimum atomic E-state index is -0.607. The molecular formula is C18H15N5O4. The maximum atomic E-state index is 12.4. The van der Waals surface area contributed by atoms with Crippen molar-refractivity contribution in [2.45, 2.75) is 20.4 Å². The Balaban J connectivity index is 1.76. The van der Waals surface area contributed by atoms with Crippen molar-refractivity contribution in [3.8, 4) is 6.07 Å². The largest absolute Gasteiger partial charge is 0.454 e. The summed E-state index contributed by atoms with van der Waals surface area (Å²) in [6.07, 6.45) is 0. The Hall–Kier alpha value is -3.93. The van der Waals surface area contributed by atoms with E-state index < -0.39 is 10.8 Å². The number of nitro groups is 1. The minimum Gasteiger partial charge on any atom is -0.454 e. The van der Waals surface area contributed by atoms with E-state index in [2.05, 4.69) is 10.4 Å². The van der Waals surface area contributed by atoms with Gasteiger partial charge in [-0.2, -0.15) is 10.4 Å². The molecule has 136 valence electrons. The number of amides is 1. The fourth-order valence-electron chi connectivity index (χ4n) is 2.60. The number of rotatable bonds is 5. The van der Waals surface area contributed by atoms with Gasteiger partial charge in [-0.1, -0.05) is 0 Å². The molecule has 0 saturated heterocycles. The third-order valence-electron chi connectivity index (χ3n) is 3.88. The predicted octanol–water partition coefficient (Wildman–Crippen LogP) is 3.17. The molecule has 2 heterocycles. The molecule has 3 rings (SSSR count). The lowest BCUT2D eigenvalue weighted by atomic mass is 10.1. The highest BCUT2D eigenvalue weighted by Crippen LogP contribution is 2.22. The van der Waals surface area contributed by atoms with Crippen LogP contribution in [0.25, 0.3) is 0 Å². The molecule has 27 heavy (non-hydrogen) atoms. The van der Waals surface area contributed by atoms with Crippen LogP contribution in [-0.4, -0.2) is 20.6 Å². The summed E-state index contributed by atoms with van der Waals surface area (Å²) in [4.78, 5) is 22.5. The molecule has 2 aromatic heterocycles. The molecule has 0 unspecified atom stereocenters. The first kappa shape index (κ1) is 17.9. The number of hydrogen-bond acceptors (Lipinski definition) is 6. The average molecular weight is 365 g/mol. The monoisotopic (exact) mass is 365 g/mol. The number of benzene rings is 1. The van der Waals surface area contributed by atoms with Crippen LogP contribution in [0.3, 0.4) is 0 Å². The minimum absolute atomic E-state index is 0.00743. The molecular weight excluding hydrogens is 350 g/mol. The third kappa shape index (κ3) is 3.85. The summed E-state index contributed by atoms with van der Waals surface area (Å²) in [5, 5.41) is 26.8. The molecule has 0 atom stereocenters. The van der Waals surface area contributed by atoms with E-state index in [9.17, 15) is 14.9 Å². The van der Waals surface area contributed by atoms with Crippen molar-refractivity contribution in [2.75, 3.05) is 5.32 Å². The number of nitriles is 1. The summed E-state index contributed by atoms with van der Waals surface area (Å²) in [5.74, 6) is 0.0595. The molecule has 3 aromatic rings. The number of furan rings is 1. The highest BCUT2D eigenvalue weighted by molar-refractivity contribution is 6.03. The molecule has 0 aliphatic carbocycles. The lowest BCUT2D eigenvalue weighted by Gasteiger charge is -2.05. The van der Waals surface area contributed by atoms with Crippen molar-refractivity contribution in [1.82, 2.24) is 9.78 Å². The summed E-state index contributed by atoms with van der Waals surface area (Å²) in [6, 6.07) is 10.6. The van der Waals surface area contributed by atoms with Crippen molar-refractivity contribution < 1.29 is 14.1 Å². The average Bonchev–Trinajstić information content (AvgIpc) is 3.21. The number of non-ortho nitro benzene ring substituents is 1. The van der Waals surface area contributed by atoms with Crippen molar-refractivity contribution >= 4 is 17.3 Å². The second kappa shape index (κ2) is 7.13. The highest BCUT2D eigenvalue weighted by Gasteiger charge is 2.16. The zero-order valence-corrected chi connectivity index (χ0v) is 14.6. The zero-order valence-electron chi connectivity index (χ0n) is 14.6. The van der Waals surface area contributed by atoms with Gasteiger partial charge in [0.05, 0.1) is 28.4 Å². The van der Waals surface area contributed by atoms with Crippen molar-refractivity contribution in [2.24, 2.45) is 0 Å². The molecule has 1 N–H and O–H groups in total. The molecule has 0 radical (unpaired) electrons. The van der Waals surface area contributed by atoms with Gasteiger partial charge >= 0.3 is 0 Å². The molecule has 0 spiro atoms. The van der Waals surface area contributed by atoms with Gasteiger partial charge in [0.2, 0.25) is 0 Å². The van der Waals surface area contributed by atoms with Crippen LogP contribution in [0.15, 0.2) is 40.8 Å². The van der Waals surface area contributed by atoms with Crippen molar-refractivity contribution in [3.63, 3.8) is 0 Å². The standard InChI is InChI=1S/C18H15N5O4/c1-11-7-12(2)22(21-11)10-15-4-6-17(27-15)18(24)20-16-5-3-14(23(25)26)8-13(16)9-19/h3-8H,10H2,1-2H3,(H,20,24). The van der Waals surface area contributed by atoms with Crippen LogP contribution < -0.4 is 5.32 Å². The molecule has 0 aliphatic heterocycles. The number of nitrogens with zero attached hydrogens (tertiary/aromatic N) is 4. The quantitative estimate of drug-likeness (QED) is 0.546. The number of anilines is 1. The number of nitro benzene ring substituents is 1. The van der Waals surface area contributed by atoms with Gasteiger partial charge in [0.25, 0.3) is 11.6 Å². The van der Waals surface area contributed by atoms with E-state index in [4.69, 9.17) is 9.68 Å². The molecule has 0 saturated carbocycles. The summed E-state index contributed by atoms with van der Waals surface area (Å²) in [7, 11) is 0. The Kier molecular flexibility index (Phi) is 4.72. The molecule has 9 nitrogen and oxygen atoms in total. The Morgan fingerprint density at radius 1 is 1.33 bits per heavy atom. The van der Waals surface area contributed by atoms with E-state index in [0.29, 0.717) is 12.3 Å². The first-order valence-electron chi connectivity index (χ1n) is 7.97. The van der Waals surface area contributed by atoms with E-state index in [1.165, 1.54) is 18.2 Å². The zero-order chi connectivity index (χ0) is 19.6. The summed E-state index contributed by atoms with van der Waals surface area (Å²) in [5.41, 5.74) is 1.80. The van der Waals surface area contributed by atoms with Crippen LogP contribution in [0.4, 0.5) is 11.4 Å². The van der Waals surface area contributed by atoms with Gasteiger partial charge < -0.3 is 9.73 Å². The van der Waals surface area contributed by atoms with E-state index in [-0.39, 0.29) is 22.7 Å². The molecule has 1 aromatic carbocycles. The SMILES string of the molecule is Cc1cc(C)n(Cc2ccc(C(=O)Nc3ccc([N+](=O)[O-])cc3C#N)o2)n1. The maximum Gasteiger partial charge on any atom is 0.291 e. The number of carbonyl (C=O) groups is 1. The van der Waals surface area contributed by atoms with Crippen LogP contribution in [-0.2, 0) is 6.54 Å². The van der Waals surface area contributed by atoms with E-state index in [1.807, 2.05) is 26.0 Å². The van der Waals surface area contributed by atoms with Crippen molar-refractivity contribution in [3.05, 3.63) is 75.0 Å². The Morgan fingerprint density at radius 3 is 2.74 bits per heavy atom. The van der Waals surface area contributed by atoms with Crippen LogP contribution in [0, 0.1) is 35.3 Å². The van der Waals surface area contributed by atoms with Gasteiger partial charge in [0.1, 0.15) is 11.8 Å². The highest BCUT2D eigenvalue weighted by atomic mass is 16.6. The van der Waals surface area contributed by atoms with Crippen LogP contribution in [0.5, 0.6) is 0 Å². The molecule has 1 amide bonds. The van der Waals surface area contributed by atoms with Crippen LogP contribution in [0.2, 0.25) is 0 Å². The first-order valence-corrected chi connectivity index (χ1v) is 7.97. The fraction of sp³-hybridized carbons (Fsp3) is 0.167. The van der Waals surface area contributed by atoms with Gasteiger partial charge in [-0.05, 0) is 38.1 Å². The Morgan fingerprint density at radius 2 is 2.11 bits per heavy atom. The Labute approximate surface area is 154 Å². The van der Waals surface area contributed by atoms with Crippen molar-refractivity contribution in [1.29, 1.82) is 5.26 Å². The number of aromatic nitrogens is 2. The molecule has 0 aliphatic rings. The third-order valence-corrected chi connectivity index (χ3v) is 3.88. The normalized spacial score (nSPS) is 10.4. The van der Waals surface area contributed by atoms with Crippen LogP contribution >= 0.6 is 0 Å². The lowest BCUT2D eigenvalue weighted by Crippen LogP contribution is -2.12. The van der Waals surface area contributed by atoms with Gasteiger partial charge in [0.15, 0.2) is 5.76 Å². The van der Waals surface area contributed by atoms with E-state index in [0.717, 1.165) is 17.5 Å². The predicted molar refractivity (Wildman–Crippen MR) is 95.3 cm³/mol. The summed E-state index contributed by atoms with van der Waals surface area (Å²) < 4.78 is 7.32. The van der Waals surface area contributed by atoms with Gasteiger partial charge in [-0.15, -0.1) is 0 Å². The van der Waals surface area contributed by atoms with Crippen LogP contribution in [0.1, 0.15) is 33.3 Å². The first-order chi connectivity index (χ1) is 12.9. The molecule has 9 heteroatoms. The smallest absolute Gasteiger partial charge is 0.291 e. The van der Waals surface area contributed by atoms with E-state index in [1.54, 1.807) is 10.7 Å². The summed E-state index contributed by atoms with van der Waals surface area (Å²) in [6.45, 7) is 4.20. The maximum absolute atomic E-state index is 12.4. The summed E-state index contributed by atoms with van der Waals surface area (Å²) >= 11 is 0. The fourth-order valence-corrected chi connectivity index (χ4v) is 2.60.